The molecule has 0 radical (unpaired) electrons. The molecule has 0 saturated carbocycles. The van der Waals surface area contributed by atoms with Gasteiger partial charge in [0.1, 0.15) is 5.75 Å². The van der Waals surface area contributed by atoms with Crippen LogP contribution in [0, 0.1) is 0 Å². The summed E-state index contributed by atoms with van der Waals surface area (Å²) in [5.74, 6) is 0.315. The van der Waals surface area contributed by atoms with E-state index in [2.05, 4.69) is 10.6 Å². The Morgan fingerprint density at radius 1 is 0.882 bits per heavy atom. The van der Waals surface area contributed by atoms with Crippen molar-refractivity contribution in [2.75, 3.05) is 37.1 Å². The Bertz CT molecular complexity index is 1230. The number of hydrogen-bond acceptors (Lipinski definition) is 5. The van der Waals surface area contributed by atoms with E-state index in [-0.39, 0.29) is 16.8 Å². The van der Waals surface area contributed by atoms with E-state index >= 15 is 0 Å². The predicted octanol–water partition coefficient (Wildman–Crippen LogP) is 4.28. The molecule has 0 aliphatic heterocycles. The summed E-state index contributed by atoms with van der Waals surface area (Å²) in [7, 11) is -1.59. The number of benzene rings is 3. The summed E-state index contributed by atoms with van der Waals surface area (Å²) in [6.45, 7) is 0.800. The number of amides is 3. The summed E-state index contributed by atoms with van der Waals surface area (Å²) < 4.78 is 28.9. The Morgan fingerprint density at radius 2 is 1.53 bits per heavy atom. The van der Waals surface area contributed by atoms with Gasteiger partial charge in [-0.3, -0.25) is 4.79 Å². The van der Waals surface area contributed by atoms with Gasteiger partial charge in [-0.25, -0.2) is 13.2 Å². The fourth-order valence-electron chi connectivity index (χ4n) is 3.12. The van der Waals surface area contributed by atoms with Crippen LogP contribution in [-0.4, -0.2) is 51.7 Å². The van der Waals surface area contributed by atoms with Crippen LogP contribution in [-0.2, 0) is 9.84 Å². The molecule has 0 atom stereocenters. The Kier molecular flexibility index (Phi) is 8.26. The molecule has 0 fully saturated rings. The monoisotopic (exact) mass is 481 g/mol. The summed E-state index contributed by atoms with van der Waals surface area (Å²) in [5.41, 5.74) is 1.75. The van der Waals surface area contributed by atoms with Crippen LogP contribution in [0.5, 0.6) is 5.75 Å². The van der Waals surface area contributed by atoms with Crippen molar-refractivity contribution in [3.8, 4) is 5.75 Å². The minimum atomic E-state index is -3.30. The van der Waals surface area contributed by atoms with E-state index in [1.165, 1.54) is 12.1 Å². The maximum Gasteiger partial charge on any atom is 0.323 e. The summed E-state index contributed by atoms with van der Waals surface area (Å²) >= 11 is 0. The second-order valence-electron chi connectivity index (χ2n) is 7.70. The molecule has 0 aromatic heterocycles. The Labute approximate surface area is 199 Å². The topological polar surface area (TPSA) is 105 Å². The van der Waals surface area contributed by atoms with Crippen LogP contribution < -0.4 is 15.4 Å². The van der Waals surface area contributed by atoms with Gasteiger partial charge >= 0.3 is 6.03 Å². The lowest BCUT2D eigenvalue weighted by Gasteiger charge is -2.18. The molecule has 3 aromatic rings. The molecule has 3 amide bonds. The molecule has 34 heavy (non-hydrogen) atoms. The van der Waals surface area contributed by atoms with Gasteiger partial charge in [-0.2, -0.15) is 0 Å². The van der Waals surface area contributed by atoms with Crippen molar-refractivity contribution in [1.29, 1.82) is 0 Å². The molecule has 9 heteroatoms. The van der Waals surface area contributed by atoms with E-state index in [9.17, 15) is 18.0 Å². The zero-order chi connectivity index (χ0) is 24.6. The van der Waals surface area contributed by atoms with Crippen molar-refractivity contribution in [3.05, 3.63) is 84.4 Å². The lowest BCUT2D eigenvalue weighted by Crippen LogP contribution is -2.28. The number of sulfone groups is 1. The smallest absolute Gasteiger partial charge is 0.323 e. The van der Waals surface area contributed by atoms with E-state index in [1.807, 2.05) is 18.2 Å². The Morgan fingerprint density at radius 3 is 2.18 bits per heavy atom. The zero-order valence-electron chi connectivity index (χ0n) is 19.0. The van der Waals surface area contributed by atoms with E-state index in [0.717, 1.165) is 6.26 Å². The van der Waals surface area contributed by atoms with Gasteiger partial charge < -0.3 is 20.3 Å². The number of carbonyl (C=O) groups is 2. The van der Waals surface area contributed by atoms with Crippen molar-refractivity contribution in [2.45, 2.75) is 11.3 Å². The molecule has 0 unspecified atom stereocenters. The third-order valence-electron chi connectivity index (χ3n) is 4.91. The molecule has 0 aliphatic carbocycles. The highest BCUT2D eigenvalue weighted by Gasteiger charge is 2.12. The molecule has 0 aliphatic rings. The van der Waals surface area contributed by atoms with Crippen LogP contribution in [0.2, 0.25) is 0 Å². The third-order valence-corrected chi connectivity index (χ3v) is 6.02. The highest BCUT2D eigenvalue weighted by Crippen LogP contribution is 2.18. The molecule has 0 saturated heterocycles. The minimum Gasteiger partial charge on any atom is -0.493 e. The van der Waals surface area contributed by atoms with Gasteiger partial charge in [0.2, 0.25) is 0 Å². The molecule has 2 N–H and O–H groups in total. The average molecular weight is 482 g/mol. The van der Waals surface area contributed by atoms with Crippen molar-refractivity contribution < 1.29 is 22.7 Å². The molecule has 3 rings (SSSR count). The lowest BCUT2D eigenvalue weighted by molar-refractivity contribution is 0.0788. The van der Waals surface area contributed by atoms with Crippen LogP contribution in [0.15, 0.2) is 83.8 Å². The second-order valence-corrected chi connectivity index (χ2v) is 9.71. The molecule has 178 valence electrons. The number of para-hydroxylation sites is 1. The molecule has 0 spiro atoms. The predicted molar refractivity (Wildman–Crippen MR) is 132 cm³/mol. The first-order chi connectivity index (χ1) is 16.2. The molecule has 0 heterocycles. The molecular weight excluding hydrogens is 454 g/mol. The second kappa shape index (κ2) is 11.3. The molecule has 8 nitrogen and oxygen atoms in total. The van der Waals surface area contributed by atoms with Crippen molar-refractivity contribution in [2.24, 2.45) is 0 Å². The van der Waals surface area contributed by atoms with Gasteiger partial charge in [-0.15, -0.1) is 0 Å². The largest absolute Gasteiger partial charge is 0.493 e. The van der Waals surface area contributed by atoms with Gasteiger partial charge in [0.15, 0.2) is 9.84 Å². The van der Waals surface area contributed by atoms with E-state index < -0.39 is 9.84 Å². The number of carbonyl (C=O) groups excluding carboxylic acids is 2. The highest BCUT2D eigenvalue weighted by atomic mass is 32.2. The first-order valence-corrected chi connectivity index (χ1v) is 12.5. The first-order valence-electron chi connectivity index (χ1n) is 10.6. The first kappa shape index (κ1) is 24.8. The number of rotatable bonds is 9. The fraction of sp³-hybridized carbons (Fsp3) is 0.200. The third kappa shape index (κ3) is 7.35. The number of hydrogen-bond donors (Lipinski definition) is 2. The molecule has 3 aromatic carbocycles. The number of anilines is 2. The van der Waals surface area contributed by atoms with Crippen molar-refractivity contribution in [3.63, 3.8) is 0 Å². The minimum absolute atomic E-state index is 0.153. The number of nitrogens with one attached hydrogen (secondary N) is 2. The van der Waals surface area contributed by atoms with Gasteiger partial charge in [0.05, 0.1) is 11.5 Å². The summed E-state index contributed by atoms with van der Waals surface area (Å²) in [5, 5.41) is 5.46. The van der Waals surface area contributed by atoms with E-state index in [1.54, 1.807) is 60.5 Å². The highest BCUT2D eigenvalue weighted by molar-refractivity contribution is 7.90. The van der Waals surface area contributed by atoms with Crippen LogP contribution in [0.25, 0.3) is 0 Å². The standard InChI is InChI=1S/C25H27N3O5S/c1-28(16-7-17-33-22-10-6-11-23(18-22)34(2,31)32)24(29)19-12-14-21(15-13-19)27-25(30)26-20-8-4-3-5-9-20/h3-6,8-15,18H,7,16-17H2,1-2H3,(H2,26,27,30). The van der Waals surface area contributed by atoms with Gasteiger partial charge in [0, 0.05) is 36.8 Å². The Balaban J connectivity index is 1.45. The quantitative estimate of drug-likeness (QED) is 0.444. The van der Waals surface area contributed by atoms with Gasteiger partial charge in [0.25, 0.3) is 5.91 Å². The van der Waals surface area contributed by atoms with Crippen LogP contribution >= 0.6 is 0 Å². The fourth-order valence-corrected chi connectivity index (χ4v) is 3.78. The Hall–Kier alpha value is -3.85. The van der Waals surface area contributed by atoms with Crippen LogP contribution in [0.1, 0.15) is 16.8 Å². The van der Waals surface area contributed by atoms with Crippen LogP contribution in [0.4, 0.5) is 16.2 Å². The van der Waals surface area contributed by atoms with Crippen molar-refractivity contribution in [1.82, 2.24) is 4.90 Å². The zero-order valence-corrected chi connectivity index (χ0v) is 19.8. The lowest BCUT2D eigenvalue weighted by atomic mass is 10.2. The maximum absolute atomic E-state index is 12.7. The maximum atomic E-state index is 12.7. The van der Waals surface area contributed by atoms with Gasteiger partial charge in [-0.1, -0.05) is 24.3 Å². The van der Waals surface area contributed by atoms with Gasteiger partial charge in [-0.05, 0) is 61.0 Å². The summed E-state index contributed by atoms with van der Waals surface area (Å²) in [4.78, 5) is 26.5. The summed E-state index contributed by atoms with van der Waals surface area (Å²) in [6, 6.07) is 21.7. The SMILES string of the molecule is CN(CCCOc1cccc(S(C)(=O)=O)c1)C(=O)c1ccc(NC(=O)Nc2ccccc2)cc1. The van der Waals surface area contributed by atoms with Crippen LogP contribution in [0.3, 0.4) is 0 Å². The molecular formula is C25H27N3O5S. The van der Waals surface area contributed by atoms with Crippen molar-refractivity contribution >= 4 is 33.2 Å². The normalized spacial score (nSPS) is 10.9. The number of urea groups is 1. The molecule has 0 bridgehead atoms. The summed E-state index contributed by atoms with van der Waals surface area (Å²) in [6.07, 6.45) is 1.72. The average Bonchev–Trinajstić information content (AvgIpc) is 2.82. The number of ether oxygens (including phenoxy) is 1. The number of nitrogens with zero attached hydrogens (tertiary/aromatic N) is 1. The van der Waals surface area contributed by atoms with E-state index in [0.29, 0.717) is 42.3 Å². The van der Waals surface area contributed by atoms with E-state index in [4.69, 9.17) is 4.74 Å².